The molecule has 29 heavy (non-hydrogen) atoms. The number of rotatable bonds is 4. The molecule has 0 bridgehead atoms. The van der Waals surface area contributed by atoms with Crippen LogP contribution < -0.4 is 10.2 Å². The van der Waals surface area contributed by atoms with Crippen molar-refractivity contribution in [3.63, 3.8) is 0 Å². The number of non-ortho nitro benzene ring substituents is 1. The average molecular weight is 517 g/mol. The Hall–Kier alpha value is -2.50. The summed E-state index contributed by atoms with van der Waals surface area (Å²) in [5, 5.41) is 13.9. The minimum atomic E-state index is -0.459. The van der Waals surface area contributed by atoms with Gasteiger partial charge in [0.25, 0.3) is 5.69 Å². The molecule has 0 aliphatic carbocycles. The van der Waals surface area contributed by atoms with Gasteiger partial charge in [-0.2, -0.15) is 0 Å². The van der Waals surface area contributed by atoms with Crippen LogP contribution >= 0.6 is 24.0 Å². The summed E-state index contributed by atoms with van der Waals surface area (Å²) in [6.07, 6.45) is 0. The second kappa shape index (κ2) is 10.3. The minimum Gasteiger partial charge on any atom is -0.366 e. The van der Waals surface area contributed by atoms with Crippen molar-refractivity contribution in [3.8, 4) is 0 Å². The molecule has 156 valence electrons. The van der Waals surface area contributed by atoms with E-state index in [2.05, 4.69) is 10.3 Å². The predicted molar refractivity (Wildman–Crippen MR) is 119 cm³/mol. The van der Waals surface area contributed by atoms with Gasteiger partial charge in [-0.1, -0.05) is 12.1 Å². The quantitative estimate of drug-likeness (QED) is 0.221. The van der Waals surface area contributed by atoms with Crippen LogP contribution in [0.4, 0.5) is 20.2 Å². The zero-order valence-electron chi connectivity index (χ0n) is 15.8. The maximum atomic E-state index is 14.0. The lowest BCUT2D eigenvalue weighted by Gasteiger charge is -2.37. The third kappa shape index (κ3) is 5.75. The fraction of sp³-hybridized carbons (Fsp3) is 0.316. The number of hydrogen-bond acceptors (Lipinski definition) is 4. The fourth-order valence-electron chi connectivity index (χ4n) is 3.14. The Labute approximate surface area is 184 Å². The standard InChI is InChI=1S/C19H21F2N5O2.HI/c1-22-19(23-13-14-2-5-16(6-3-14)26(27)28)25-10-8-24(9-11-25)18-12-15(20)4-7-17(18)21;/h2-7,12H,8-11,13H2,1H3,(H,22,23);1H. The van der Waals surface area contributed by atoms with Gasteiger partial charge < -0.3 is 15.1 Å². The lowest BCUT2D eigenvalue weighted by Crippen LogP contribution is -2.52. The van der Waals surface area contributed by atoms with Crippen LogP contribution in [0.25, 0.3) is 0 Å². The second-order valence-corrected chi connectivity index (χ2v) is 6.39. The van der Waals surface area contributed by atoms with E-state index in [-0.39, 0.29) is 35.4 Å². The number of hydrogen-bond donors (Lipinski definition) is 1. The van der Waals surface area contributed by atoms with E-state index in [1.54, 1.807) is 19.2 Å². The molecule has 10 heteroatoms. The molecule has 1 aliphatic heterocycles. The van der Waals surface area contributed by atoms with E-state index >= 15 is 0 Å². The molecule has 1 heterocycles. The number of guanidine groups is 1. The number of halogens is 3. The lowest BCUT2D eigenvalue weighted by molar-refractivity contribution is -0.384. The Morgan fingerprint density at radius 3 is 2.38 bits per heavy atom. The number of aliphatic imine (C=N–C) groups is 1. The summed E-state index contributed by atoms with van der Waals surface area (Å²) in [4.78, 5) is 18.4. The van der Waals surface area contributed by atoms with E-state index in [9.17, 15) is 18.9 Å². The highest BCUT2D eigenvalue weighted by Gasteiger charge is 2.22. The van der Waals surface area contributed by atoms with Gasteiger partial charge in [0.2, 0.25) is 0 Å². The monoisotopic (exact) mass is 517 g/mol. The van der Waals surface area contributed by atoms with Crippen molar-refractivity contribution in [1.82, 2.24) is 10.2 Å². The first-order chi connectivity index (χ1) is 13.5. The Morgan fingerprint density at radius 1 is 1.14 bits per heavy atom. The molecule has 0 spiro atoms. The van der Waals surface area contributed by atoms with E-state index in [1.165, 1.54) is 18.2 Å². The summed E-state index contributed by atoms with van der Waals surface area (Å²) in [6, 6.07) is 9.79. The van der Waals surface area contributed by atoms with E-state index < -0.39 is 16.6 Å². The van der Waals surface area contributed by atoms with Crippen LogP contribution in [0, 0.1) is 21.7 Å². The first-order valence-corrected chi connectivity index (χ1v) is 8.87. The molecule has 7 nitrogen and oxygen atoms in total. The number of benzene rings is 2. The SMILES string of the molecule is CN=C(NCc1ccc([N+](=O)[O-])cc1)N1CCN(c2cc(F)ccc2F)CC1.I. The van der Waals surface area contributed by atoms with Crippen molar-refractivity contribution >= 4 is 41.3 Å². The van der Waals surface area contributed by atoms with E-state index in [1.807, 2.05) is 9.80 Å². The van der Waals surface area contributed by atoms with Gasteiger partial charge in [-0.15, -0.1) is 24.0 Å². The van der Waals surface area contributed by atoms with Gasteiger partial charge in [0.15, 0.2) is 5.96 Å². The molecule has 1 aliphatic rings. The predicted octanol–water partition coefficient (Wildman–Crippen LogP) is 3.39. The number of piperazine rings is 1. The smallest absolute Gasteiger partial charge is 0.269 e. The van der Waals surface area contributed by atoms with Gasteiger partial charge in [0.1, 0.15) is 11.6 Å². The number of nitro groups is 1. The van der Waals surface area contributed by atoms with Crippen LogP contribution in [0.1, 0.15) is 5.56 Å². The maximum absolute atomic E-state index is 14.0. The van der Waals surface area contributed by atoms with Gasteiger partial charge in [-0.3, -0.25) is 15.1 Å². The van der Waals surface area contributed by atoms with Crippen LogP contribution in [0.5, 0.6) is 0 Å². The molecule has 0 radical (unpaired) electrons. The highest BCUT2D eigenvalue weighted by atomic mass is 127. The van der Waals surface area contributed by atoms with Gasteiger partial charge in [0, 0.05) is 58.0 Å². The molecule has 0 unspecified atom stereocenters. The number of anilines is 1. The molecule has 1 fully saturated rings. The Kier molecular flexibility index (Phi) is 8.11. The van der Waals surface area contributed by atoms with Crippen molar-refractivity contribution in [2.45, 2.75) is 6.54 Å². The second-order valence-electron chi connectivity index (χ2n) is 6.39. The van der Waals surface area contributed by atoms with Crippen molar-refractivity contribution in [2.24, 2.45) is 4.99 Å². The Morgan fingerprint density at radius 2 is 1.79 bits per heavy atom. The van der Waals surface area contributed by atoms with Crippen molar-refractivity contribution in [2.75, 3.05) is 38.1 Å². The summed E-state index contributed by atoms with van der Waals surface area (Å²) in [5.74, 6) is -0.201. The number of nitro benzene ring substituents is 1. The molecular weight excluding hydrogens is 495 g/mol. The van der Waals surface area contributed by atoms with Crippen LogP contribution in [0.15, 0.2) is 47.5 Å². The summed E-state index contributed by atoms with van der Waals surface area (Å²) >= 11 is 0. The lowest BCUT2D eigenvalue weighted by atomic mass is 10.2. The third-order valence-corrected chi connectivity index (χ3v) is 4.64. The first-order valence-electron chi connectivity index (χ1n) is 8.87. The van der Waals surface area contributed by atoms with Crippen LogP contribution in [-0.4, -0.2) is 49.0 Å². The van der Waals surface area contributed by atoms with E-state index in [4.69, 9.17) is 0 Å². The zero-order valence-corrected chi connectivity index (χ0v) is 18.2. The van der Waals surface area contributed by atoms with Crippen LogP contribution in [-0.2, 0) is 6.54 Å². The summed E-state index contributed by atoms with van der Waals surface area (Å²) in [7, 11) is 1.68. The van der Waals surface area contributed by atoms with Gasteiger partial charge in [-0.25, -0.2) is 8.78 Å². The molecule has 0 saturated carbocycles. The average Bonchev–Trinajstić information content (AvgIpc) is 2.71. The normalized spacial score (nSPS) is 14.4. The Bertz CT molecular complexity index is 871. The van der Waals surface area contributed by atoms with Crippen LogP contribution in [0.3, 0.4) is 0 Å². The molecule has 1 N–H and O–H groups in total. The van der Waals surface area contributed by atoms with Gasteiger partial charge >= 0.3 is 0 Å². The molecule has 1 saturated heterocycles. The fourth-order valence-corrected chi connectivity index (χ4v) is 3.14. The van der Waals surface area contributed by atoms with Crippen molar-refractivity contribution in [3.05, 3.63) is 69.8 Å². The number of nitrogens with one attached hydrogen (secondary N) is 1. The maximum Gasteiger partial charge on any atom is 0.269 e. The molecule has 0 aromatic heterocycles. The van der Waals surface area contributed by atoms with Gasteiger partial charge in [0.05, 0.1) is 10.6 Å². The molecule has 0 atom stereocenters. The van der Waals surface area contributed by atoms with Crippen molar-refractivity contribution < 1.29 is 13.7 Å². The molecule has 2 aromatic rings. The van der Waals surface area contributed by atoms with E-state index in [0.717, 1.165) is 17.7 Å². The third-order valence-electron chi connectivity index (χ3n) is 4.64. The molecular formula is C19H22F2IN5O2. The van der Waals surface area contributed by atoms with E-state index in [0.29, 0.717) is 38.7 Å². The molecule has 0 amide bonds. The summed E-state index contributed by atoms with van der Waals surface area (Å²) in [6.45, 7) is 2.77. The topological polar surface area (TPSA) is 74.0 Å². The van der Waals surface area contributed by atoms with Gasteiger partial charge in [-0.05, 0) is 17.7 Å². The molecule has 2 aromatic carbocycles. The largest absolute Gasteiger partial charge is 0.366 e. The summed E-state index contributed by atoms with van der Waals surface area (Å²) < 4.78 is 27.4. The zero-order chi connectivity index (χ0) is 20.1. The number of nitrogens with zero attached hydrogens (tertiary/aromatic N) is 4. The summed E-state index contributed by atoms with van der Waals surface area (Å²) in [5.41, 5.74) is 1.22. The highest BCUT2D eigenvalue weighted by molar-refractivity contribution is 14.0. The Balaban J connectivity index is 0.00000300. The highest BCUT2D eigenvalue weighted by Crippen LogP contribution is 2.22. The molecule has 3 rings (SSSR count). The van der Waals surface area contributed by atoms with Crippen LogP contribution in [0.2, 0.25) is 0 Å². The first kappa shape index (κ1) is 22.8. The van der Waals surface area contributed by atoms with Crippen molar-refractivity contribution in [1.29, 1.82) is 0 Å². The minimum absolute atomic E-state index is 0.